The molecule has 217 valence electrons. The van der Waals surface area contributed by atoms with Gasteiger partial charge in [0, 0.05) is 47.6 Å². The molecule has 45 heavy (non-hydrogen) atoms. The van der Waals surface area contributed by atoms with E-state index in [2.05, 4.69) is 58.5 Å². The molecule has 0 aliphatic rings. The predicted molar refractivity (Wildman–Crippen MR) is 177 cm³/mol. The molecule has 0 N–H and O–H groups in total. The SMILES string of the molecule is N#Cc1ccc2c(oc3c(-c4ccccn4)[c-]ccc32)c1-c1ccc2ccccc2c1.[2H]c1c[c-]c(-c2ccc(C([2H])([2H])[2H])cn2)cc1.[Ir]. The van der Waals surface area contributed by atoms with Crippen LogP contribution in [0.4, 0.5) is 0 Å². The van der Waals surface area contributed by atoms with Gasteiger partial charge in [-0.1, -0.05) is 77.7 Å². The summed E-state index contributed by atoms with van der Waals surface area (Å²) in [5, 5.41) is 14.1. The number of aryl methyl sites for hydroxylation is 1. The van der Waals surface area contributed by atoms with Crippen molar-refractivity contribution in [2.75, 3.05) is 0 Å². The van der Waals surface area contributed by atoms with Gasteiger partial charge in [-0.25, -0.2) is 0 Å². The van der Waals surface area contributed by atoms with E-state index in [1.807, 2.05) is 54.6 Å². The number of fused-ring (bicyclic) bond motifs is 4. The Hall–Kier alpha value is -5.40. The van der Waals surface area contributed by atoms with E-state index in [0.717, 1.165) is 55.1 Å². The van der Waals surface area contributed by atoms with Crippen molar-refractivity contribution in [3.8, 4) is 39.7 Å². The number of benzene rings is 5. The minimum absolute atomic E-state index is 0. The van der Waals surface area contributed by atoms with Gasteiger partial charge in [0.05, 0.1) is 17.2 Å². The van der Waals surface area contributed by atoms with Gasteiger partial charge in [0.15, 0.2) is 0 Å². The molecule has 3 heterocycles. The smallest absolute Gasteiger partial charge is 0.130 e. The van der Waals surface area contributed by atoms with Crippen molar-refractivity contribution < 1.29 is 30.0 Å². The maximum atomic E-state index is 9.85. The molecule has 0 spiro atoms. The molecule has 0 saturated carbocycles. The normalized spacial score (nSPS) is 12.2. The third kappa shape index (κ3) is 5.90. The van der Waals surface area contributed by atoms with E-state index in [4.69, 9.17) is 9.90 Å². The number of nitriles is 1. The largest absolute Gasteiger partial charge is 0.500 e. The number of hydrogen-bond acceptors (Lipinski definition) is 4. The Kier molecular flexibility index (Phi) is 7.26. The Morgan fingerprint density at radius 2 is 1.64 bits per heavy atom. The van der Waals surface area contributed by atoms with Gasteiger partial charge in [-0.05, 0) is 59.7 Å². The van der Waals surface area contributed by atoms with Crippen molar-refractivity contribution in [3.63, 3.8) is 0 Å². The first-order chi connectivity index (χ1) is 23.3. The van der Waals surface area contributed by atoms with Crippen molar-refractivity contribution >= 4 is 32.7 Å². The van der Waals surface area contributed by atoms with E-state index in [1.54, 1.807) is 30.5 Å². The van der Waals surface area contributed by atoms with Gasteiger partial charge in [-0.15, -0.1) is 54.1 Å². The Balaban J connectivity index is 0.000000198. The Bertz CT molecular complexity index is 2450. The molecule has 5 aromatic carbocycles. The summed E-state index contributed by atoms with van der Waals surface area (Å²) >= 11 is 0. The minimum atomic E-state index is -2.12. The van der Waals surface area contributed by atoms with E-state index in [-0.39, 0.29) is 25.7 Å². The molecule has 0 bridgehead atoms. The van der Waals surface area contributed by atoms with Crippen LogP contribution in [0, 0.1) is 30.3 Å². The zero-order valence-corrected chi connectivity index (χ0v) is 26.1. The quantitative estimate of drug-likeness (QED) is 0.168. The molecule has 0 unspecified atom stereocenters. The molecule has 0 aliphatic carbocycles. The van der Waals surface area contributed by atoms with Crippen LogP contribution in [0.25, 0.3) is 66.4 Å². The van der Waals surface area contributed by atoms with Crippen LogP contribution in [0.15, 0.2) is 138 Å². The zero-order chi connectivity index (χ0) is 33.3. The molecule has 3 aromatic heterocycles. The fourth-order valence-electron chi connectivity index (χ4n) is 5.29. The summed E-state index contributed by atoms with van der Waals surface area (Å²) in [6, 6.07) is 45.0. The fourth-order valence-corrected chi connectivity index (χ4v) is 5.29. The van der Waals surface area contributed by atoms with Crippen LogP contribution in [0.2, 0.25) is 0 Å². The molecular formula is C40H25IrN3O-2. The van der Waals surface area contributed by atoms with Crippen molar-refractivity contribution in [1.29, 1.82) is 5.26 Å². The van der Waals surface area contributed by atoms with E-state index in [1.165, 1.54) is 12.3 Å². The van der Waals surface area contributed by atoms with Gasteiger partial charge in [-0.2, -0.15) is 5.26 Å². The van der Waals surface area contributed by atoms with E-state index >= 15 is 0 Å². The summed E-state index contributed by atoms with van der Waals surface area (Å²) in [7, 11) is 0. The van der Waals surface area contributed by atoms with E-state index in [0.29, 0.717) is 22.9 Å². The van der Waals surface area contributed by atoms with Crippen LogP contribution in [-0.2, 0) is 20.1 Å². The van der Waals surface area contributed by atoms with E-state index < -0.39 is 6.85 Å². The van der Waals surface area contributed by atoms with Crippen molar-refractivity contribution in [2.45, 2.75) is 6.85 Å². The third-order valence-electron chi connectivity index (χ3n) is 7.38. The average molecular weight is 760 g/mol. The monoisotopic (exact) mass is 760 g/mol. The molecule has 0 aliphatic heterocycles. The van der Waals surface area contributed by atoms with Gasteiger partial charge in [-0.3, -0.25) is 0 Å². The van der Waals surface area contributed by atoms with Crippen LogP contribution in [0.5, 0.6) is 0 Å². The van der Waals surface area contributed by atoms with Crippen molar-refractivity contribution in [2.24, 2.45) is 0 Å². The molecule has 0 amide bonds. The Morgan fingerprint density at radius 3 is 2.40 bits per heavy atom. The molecule has 0 fully saturated rings. The van der Waals surface area contributed by atoms with Gasteiger partial charge in [0.25, 0.3) is 0 Å². The predicted octanol–water partition coefficient (Wildman–Crippen LogP) is 9.99. The summed E-state index contributed by atoms with van der Waals surface area (Å²) < 4.78 is 35.5. The molecular weight excluding hydrogens is 731 g/mol. The summed E-state index contributed by atoms with van der Waals surface area (Å²) in [5.74, 6) is 0. The standard InChI is InChI=1S/C28H15N2O.C12H10N.Ir/c29-17-21-13-14-23-22-8-5-9-24(25-10-3-4-15-30-25)27(22)31-28(23)26(21)20-12-11-18-6-1-2-7-19(18)16-20;1-10-7-8-12(13-9-10)11-5-3-2-4-6-11;/h1-8,10-16H;2-5,7-9H,1H3;/q2*-1;/i;1D3,2D;. The molecule has 0 saturated heterocycles. The summed E-state index contributed by atoms with van der Waals surface area (Å²) in [4.78, 5) is 8.57. The van der Waals surface area contributed by atoms with Crippen molar-refractivity contribution in [1.82, 2.24) is 9.97 Å². The van der Waals surface area contributed by atoms with Crippen molar-refractivity contribution in [3.05, 3.63) is 157 Å². The summed E-state index contributed by atoms with van der Waals surface area (Å²) in [6.45, 7) is -2.12. The van der Waals surface area contributed by atoms with Gasteiger partial charge in [0.2, 0.25) is 0 Å². The Labute approximate surface area is 280 Å². The number of furan rings is 1. The number of pyridine rings is 2. The maximum Gasteiger partial charge on any atom is 0.130 e. The van der Waals surface area contributed by atoms with Crippen LogP contribution in [0.3, 0.4) is 0 Å². The number of aromatic nitrogens is 2. The second-order valence-corrected chi connectivity index (χ2v) is 10.1. The van der Waals surface area contributed by atoms with Gasteiger partial charge >= 0.3 is 0 Å². The summed E-state index contributed by atoms with van der Waals surface area (Å²) in [5.41, 5.74) is 7.04. The second-order valence-electron chi connectivity index (χ2n) is 10.1. The van der Waals surface area contributed by atoms with Gasteiger partial charge < -0.3 is 14.4 Å². The first-order valence-electron chi connectivity index (χ1n) is 16.0. The van der Waals surface area contributed by atoms with Crippen LogP contribution in [-0.4, -0.2) is 9.97 Å². The summed E-state index contributed by atoms with van der Waals surface area (Å²) in [6.07, 6.45) is 3.11. The minimum Gasteiger partial charge on any atom is -0.500 e. The Morgan fingerprint density at radius 1 is 0.778 bits per heavy atom. The maximum absolute atomic E-state index is 9.85. The molecule has 8 aromatic rings. The number of rotatable bonds is 3. The topological polar surface area (TPSA) is 62.7 Å². The fraction of sp³-hybridized carbons (Fsp3) is 0.0250. The first kappa shape index (κ1) is 25.0. The molecule has 8 rings (SSSR count). The van der Waals surface area contributed by atoms with Crippen LogP contribution in [0.1, 0.15) is 16.6 Å². The van der Waals surface area contributed by atoms with Crippen LogP contribution >= 0.6 is 0 Å². The second kappa shape index (κ2) is 13.1. The first-order valence-corrected chi connectivity index (χ1v) is 14.0. The number of hydrogen-bond donors (Lipinski definition) is 0. The number of nitrogens with zero attached hydrogens (tertiary/aromatic N) is 3. The zero-order valence-electron chi connectivity index (χ0n) is 27.7. The average Bonchev–Trinajstić information content (AvgIpc) is 3.50. The third-order valence-corrected chi connectivity index (χ3v) is 7.38. The molecule has 1 radical (unpaired) electrons. The molecule has 5 heteroatoms. The molecule has 4 nitrogen and oxygen atoms in total. The molecule has 0 atom stereocenters. The van der Waals surface area contributed by atoms with Gasteiger partial charge in [0.1, 0.15) is 5.58 Å². The van der Waals surface area contributed by atoms with E-state index in [9.17, 15) is 5.26 Å². The van der Waals surface area contributed by atoms with Crippen LogP contribution < -0.4 is 0 Å².